The van der Waals surface area contributed by atoms with Gasteiger partial charge in [0.1, 0.15) is 5.69 Å². The third-order valence-electron chi connectivity index (χ3n) is 4.96. The van der Waals surface area contributed by atoms with Crippen LogP contribution in [0.15, 0.2) is 47.4 Å². The van der Waals surface area contributed by atoms with Crippen molar-refractivity contribution in [1.29, 1.82) is 5.26 Å². The minimum atomic E-state index is -5.69. The Labute approximate surface area is 176 Å². The molecule has 0 unspecified atom stereocenters. The topological polar surface area (TPSA) is 108 Å². The maximum absolute atomic E-state index is 12.8. The van der Waals surface area contributed by atoms with Gasteiger partial charge in [-0.15, -0.1) is 0 Å². The molecule has 12 heteroatoms. The average molecular weight is 454 g/mol. The summed E-state index contributed by atoms with van der Waals surface area (Å²) in [6.45, 7) is 1.85. The molecule has 1 heterocycles. The molecule has 2 aromatic carbocycles. The van der Waals surface area contributed by atoms with Crippen LogP contribution in [0, 0.1) is 21.4 Å². The van der Waals surface area contributed by atoms with Crippen LogP contribution in [-0.2, 0) is 9.84 Å². The monoisotopic (exact) mass is 454 g/mol. The molecule has 0 bridgehead atoms. The summed E-state index contributed by atoms with van der Waals surface area (Å²) >= 11 is 0. The fourth-order valence-corrected chi connectivity index (χ4v) is 4.16. The van der Waals surface area contributed by atoms with Gasteiger partial charge in [-0.05, 0) is 42.8 Å². The van der Waals surface area contributed by atoms with E-state index >= 15 is 0 Å². The number of nitro benzene ring substituents is 1. The standard InChI is InChI=1S/C19H17F3N4O4S/c20-19(21,22)31(29,30)16-6-7-17(18(12-16)26(27)28)25-9-1-8-24(10-11-25)15-4-2-14(13-23)3-5-15/h2-7,12H,1,8-11H2. The zero-order valence-electron chi connectivity index (χ0n) is 16.0. The number of halogens is 3. The van der Waals surface area contributed by atoms with Crippen molar-refractivity contribution in [3.05, 3.63) is 58.1 Å². The van der Waals surface area contributed by atoms with Crippen molar-refractivity contribution in [2.75, 3.05) is 36.0 Å². The minimum Gasteiger partial charge on any atom is -0.370 e. The fourth-order valence-electron chi connectivity index (χ4n) is 3.38. The molecule has 1 aliphatic heterocycles. The van der Waals surface area contributed by atoms with E-state index in [4.69, 9.17) is 5.26 Å². The molecule has 3 rings (SSSR count). The lowest BCUT2D eigenvalue weighted by Crippen LogP contribution is -2.31. The first-order valence-electron chi connectivity index (χ1n) is 9.14. The van der Waals surface area contributed by atoms with Crippen molar-refractivity contribution in [2.24, 2.45) is 0 Å². The maximum atomic E-state index is 12.8. The molecule has 1 aliphatic rings. The highest BCUT2D eigenvalue weighted by Gasteiger charge is 2.47. The molecule has 0 amide bonds. The van der Waals surface area contributed by atoms with Gasteiger partial charge < -0.3 is 9.80 Å². The summed E-state index contributed by atoms with van der Waals surface area (Å²) in [4.78, 5) is 13.1. The van der Waals surface area contributed by atoms with Gasteiger partial charge in [0.05, 0.1) is 21.5 Å². The maximum Gasteiger partial charge on any atom is 0.501 e. The van der Waals surface area contributed by atoms with Gasteiger partial charge in [0, 0.05) is 37.9 Å². The van der Waals surface area contributed by atoms with Gasteiger partial charge in [-0.3, -0.25) is 10.1 Å². The van der Waals surface area contributed by atoms with Gasteiger partial charge in [-0.2, -0.15) is 18.4 Å². The van der Waals surface area contributed by atoms with Gasteiger partial charge in [0.2, 0.25) is 0 Å². The molecule has 0 aromatic heterocycles. The summed E-state index contributed by atoms with van der Waals surface area (Å²) in [5.41, 5.74) is -4.79. The molecule has 0 radical (unpaired) electrons. The number of alkyl halides is 3. The summed E-state index contributed by atoms with van der Waals surface area (Å²) in [5, 5.41) is 20.4. The number of anilines is 2. The SMILES string of the molecule is N#Cc1ccc(N2CCCN(c3ccc(S(=O)(=O)C(F)(F)F)cc3[N+](=O)[O-])CC2)cc1. The summed E-state index contributed by atoms with van der Waals surface area (Å²) in [7, 11) is -5.69. The Morgan fingerprint density at radius 3 is 2.19 bits per heavy atom. The third-order valence-corrected chi connectivity index (χ3v) is 6.44. The Balaban J connectivity index is 1.87. The summed E-state index contributed by atoms with van der Waals surface area (Å²) < 4.78 is 61.7. The number of hydrogen-bond donors (Lipinski definition) is 0. The van der Waals surface area contributed by atoms with Gasteiger partial charge in [0.15, 0.2) is 0 Å². The molecular formula is C19H17F3N4O4S. The minimum absolute atomic E-state index is 0.0628. The number of nitro groups is 1. The van der Waals surface area contributed by atoms with Crippen molar-refractivity contribution < 1.29 is 26.5 Å². The summed E-state index contributed by atoms with van der Waals surface area (Å²) in [6, 6.07) is 11.3. The molecule has 1 fully saturated rings. The van der Waals surface area contributed by atoms with E-state index in [0.717, 1.165) is 17.8 Å². The van der Waals surface area contributed by atoms with Crippen molar-refractivity contribution in [2.45, 2.75) is 16.8 Å². The van der Waals surface area contributed by atoms with Crippen molar-refractivity contribution in [3.8, 4) is 6.07 Å². The first-order chi connectivity index (χ1) is 14.5. The molecule has 0 spiro atoms. The van der Waals surface area contributed by atoms with E-state index in [-0.39, 0.29) is 5.69 Å². The van der Waals surface area contributed by atoms with Crippen LogP contribution >= 0.6 is 0 Å². The van der Waals surface area contributed by atoms with Crippen molar-refractivity contribution in [3.63, 3.8) is 0 Å². The predicted octanol–water partition coefficient (Wildman–Crippen LogP) is 3.48. The van der Waals surface area contributed by atoms with E-state index in [1.807, 2.05) is 11.0 Å². The normalized spacial score (nSPS) is 15.3. The number of rotatable bonds is 4. The third kappa shape index (κ3) is 4.56. The predicted molar refractivity (Wildman–Crippen MR) is 107 cm³/mol. The zero-order chi connectivity index (χ0) is 22.8. The van der Waals surface area contributed by atoms with E-state index in [0.29, 0.717) is 44.2 Å². The van der Waals surface area contributed by atoms with Crippen molar-refractivity contribution in [1.82, 2.24) is 0 Å². The van der Waals surface area contributed by atoms with E-state index in [1.165, 1.54) is 0 Å². The quantitative estimate of drug-likeness (QED) is 0.514. The molecule has 0 atom stereocenters. The Bertz CT molecular complexity index is 1130. The zero-order valence-corrected chi connectivity index (χ0v) is 16.9. The van der Waals surface area contributed by atoms with E-state index in [1.54, 1.807) is 29.2 Å². The van der Waals surface area contributed by atoms with Crippen LogP contribution < -0.4 is 9.80 Å². The molecule has 0 aliphatic carbocycles. The molecule has 1 saturated heterocycles. The van der Waals surface area contributed by atoms with Gasteiger partial charge in [0.25, 0.3) is 15.5 Å². The van der Waals surface area contributed by atoms with E-state index in [2.05, 4.69) is 0 Å². The van der Waals surface area contributed by atoms with Crippen LogP contribution in [-0.4, -0.2) is 45.0 Å². The Hall–Kier alpha value is -3.33. The first kappa shape index (κ1) is 22.4. The Morgan fingerprint density at radius 1 is 1.00 bits per heavy atom. The second-order valence-corrected chi connectivity index (χ2v) is 8.78. The highest BCUT2D eigenvalue weighted by atomic mass is 32.2. The number of nitriles is 1. The van der Waals surface area contributed by atoms with Crippen LogP contribution in [0.5, 0.6) is 0 Å². The number of benzene rings is 2. The molecule has 2 aromatic rings. The van der Waals surface area contributed by atoms with Gasteiger partial charge in [-0.25, -0.2) is 8.42 Å². The lowest BCUT2D eigenvalue weighted by atomic mass is 10.2. The lowest BCUT2D eigenvalue weighted by Gasteiger charge is -2.25. The smallest absolute Gasteiger partial charge is 0.370 e. The van der Waals surface area contributed by atoms with E-state index in [9.17, 15) is 31.7 Å². The molecule has 8 nitrogen and oxygen atoms in total. The molecular weight excluding hydrogens is 437 g/mol. The lowest BCUT2D eigenvalue weighted by molar-refractivity contribution is -0.384. The number of nitrogens with zero attached hydrogens (tertiary/aromatic N) is 4. The van der Waals surface area contributed by atoms with Crippen LogP contribution in [0.2, 0.25) is 0 Å². The second-order valence-electron chi connectivity index (χ2n) is 6.84. The van der Waals surface area contributed by atoms with Gasteiger partial charge >= 0.3 is 5.51 Å². The van der Waals surface area contributed by atoms with Crippen molar-refractivity contribution >= 4 is 26.9 Å². The Kier molecular flexibility index (Phi) is 6.08. The number of sulfone groups is 1. The average Bonchev–Trinajstić information content (AvgIpc) is 2.98. The molecule has 0 N–H and O–H groups in total. The number of hydrogen-bond acceptors (Lipinski definition) is 7. The second kappa shape index (κ2) is 8.43. The van der Waals surface area contributed by atoms with E-state index < -0.39 is 30.9 Å². The van der Waals surface area contributed by atoms with Crippen LogP contribution in [0.1, 0.15) is 12.0 Å². The molecule has 164 valence electrons. The van der Waals surface area contributed by atoms with Crippen LogP contribution in [0.25, 0.3) is 0 Å². The summed E-state index contributed by atoms with van der Waals surface area (Å²) in [6.07, 6.45) is 0.611. The summed E-state index contributed by atoms with van der Waals surface area (Å²) in [5.74, 6) is 0. The molecule has 31 heavy (non-hydrogen) atoms. The Morgan fingerprint density at radius 2 is 1.61 bits per heavy atom. The molecule has 0 saturated carbocycles. The van der Waals surface area contributed by atoms with Gasteiger partial charge in [-0.1, -0.05) is 0 Å². The highest BCUT2D eigenvalue weighted by Crippen LogP contribution is 2.36. The highest BCUT2D eigenvalue weighted by molar-refractivity contribution is 7.92. The van der Waals surface area contributed by atoms with Crippen LogP contribution in [0.4, 0.5) is 30.2 Å². The fraction of sp³-hybridized carbons (Fsp3) is 0.316. The van der Waals surface area contributed by atoms with Crippen LogP contribution in [0.3, 0.4) is 0 Å². The first-order valence-corrected chi connectivity index (χ1v) is 10.6. The largest absolute Gasteiger partial charge is 0.501 e.